The normalized spacial score (nSPS) is 10.4. The fourth-order valence-electron chi connectivity index (χ4n) is 2.08. The van der Waals surface area contributed by atoms with Gasteiger partial charge in [-0.15, -0.1) is 11.3 Å². The number of nitrogens with zero attached hydrogens (tertiary/aromatic N) is 1. The molecule has 2 aromatic heterocycles. The van der Waals surface area contributed by atoms with E-state index in [1.54, 1.807) is 6.20 Å². The zero-order valence-electron chi connectivity index (χ0n) is 12.5. The quantitative estimate of drug-likeness (QED) is 0.516. The molecule has 8 heteroatoms. The number of esters is 1. The van der Waals surface area contributed by atoms with Gasteiger partial charge in [-0.05, 0) is 42.5 Å². The van der Waals surface area contributed by atoms with Gasteiger partial charge in [0, 0.05) is 22.0 Å². The van der Waals surface area contributed by atoms with E-state index < -0.39 is 5.97 Å². The molecule has 0 radical (unpaired) electrons. The van der Waals surface area contributed by atoms with E-state index in [0.29, 0.717) is 20.8 Å². The Hall–Kier alpha value is -2.22. The van der Waals surface area contributed by atoms with E-state index in [-0.39, 0.29) is 0 Å². The number of carbonyl (C=O) groups is 1. The van der Waals surface area contributed by atoms with Gasteiger partial charge in [-0.3, -0.25) is 0 Å². The first kappa shape index (κ1) is 16.6. The van der Waals surface area contributed by atoms with Crippen LogP contribution in [0, 0.1) is 0 Å². The molecule has 0 saturated heterocycles. The smallest absolute Gasteiger partial charge is 0.349 e. The van der Waals surface area contributed by atoms with Crippen LogP contribution in [0.15, 0.2) is 42.6 Å². The molecule has 3 aromatic rings. The number of fused-ring (bicyclic) bond motifs is 1. The number of rotatable bonds is 3. The molecule has 0 aliphatic rings. The summed E-state index contributed by atoms with van der Waals surface area (Å²) in [5, 5.41) is 7.70. The zero-order valence-corrected chi connectivity index (χ0v) is 14.9. The molecule has 3 rings (SSSR count). The van der Waals surface area contributed by atoms with Crippen LogP contribution < -0.4 is 10.6 Å². The Labute approximate surface area is 152 Å². The summed E-state index contributed by atoms with van der Waals surface area (Å²) in [5.41, 5.74) is 0.783. The molecule has 5 nitrogen and oxygen atoms in total. The highest BCUT2D eigenvalue weighted by Crippen LogP contribution is 2.37. The maximum atomic E-state index is 11.7. The van der Waals surface area contributed by atoms with Crippen molar-refractivity contribution in [2.75, 3.05) is 17.7 Å². The number of ether oxygens (including phenoxy) is 1. The van der Waals surface area contributed by atoms with Gasteiger partial charge in [0.05, 0.1) is 12.1 Å². The van der Waals surface area contributed by atoms with Crippen molar-refractivity contribution >= 4 is 67.8 Å². The van der Waals surface area contributed by atoms with Crippen molar-refractivity contribution in [3.05, 3.63) is 52.5 Å². The highest BCUT2D eigenvalue weighted by Gasteiger charge is 2.17. The van der Waals surface area contributed by atoms with Crippen molar-refractivity contribution in [1.29, 1.82) is 0 Å². The summed E-state index contributed by atoms with van der Waals surface area (Å²) >= 11 is 12.8. The lowest BCUT2D eigenvalue weighted by molar-refractivity contribution is 0.0606. The van der Waals surface area contributed by atoms with E-state index in [1.165, 1.54) is 18.4 Å². The number of pyridine rings is 1. The highest BCUT2D eigenvalue weighted by atomic mass is 35.5. The van der Waals surface area contributed by atoms with Crippen LogP contribution in [0.2, 0.25) is 5.02 Å². The Morgan fingerprint density at radius 1 is 1.29 bits per heavy atom. The maximum absolute atomic E-state index is 11.7. The minimum Gasteiger partial charge on any atom is -0.465 e. The molecule has 0 unspecified atom stereocenters. The topological polar surface area (TPSA) is 63.2 Å². The fraction of sp³-hybridized carbons (Fsp3) is 0.0625. The summed E-state index contributed by atoms with van der Waals surface area (Å²) in [5.74, 6) is 0.214. The summed E-state index contributed by atoms with van der Waals surface area (Å²) in [6.45, 7) is 0. The lowest BCUT2D eigenvalue weighted by atomic mass is 10.2. The van der Waals surface area contributed by atoms with Crippen LogP contribution >= 0.6 is 35.2 Å². The summed E-state index contributed by atoms with van der Waals surface area (Å²) in [6.07, 6.45) is 1.68. The molecule has 0 aliphatic heterocycles. The summed E-state index contributed by atoms with van der Waals surface area (Å²) < 4.78 is 5.61. The second-order valence-corrected chi connectivity index (χ2v) is 6.58. The van der Waals surface area contributed by atoms with Gasteiger partial charge in [-0.1, -0.05) is 17.7 Å². The van der Waals surface area contributed by atoms with Crippen LogP contribution in [0.5, 0.6) is 0 Å². The number of halogens is 1. The van der Waals surface area contributed by atoms with Crippen molar-refractivity contribution in [1.82, 2.24) is 4.98 Å². The summed E-state index contributed by atoms with van der Waals surface area (Å²) in [7, 11) is 1.33. The van der Waals surface area contributed by atoms with Gasteiger partial charge in [0.2, 0.25) is 0 Å². The molecule has 24 heavy (non-hydrogen) atoms. The molecule has 0 amide bonds. The number of benzene rings is 1. The van der Waals surface area contributed by atoms with Gasteiger partial charge in [0.15, 0.2) is 5.11 Å². The number of carbonyl (C=O) groups excluding carboxylic acids is 1. The van der Waals surface area contributed by atoms with Crippen molar-refractivity contribution < 1.29 is 9.53 Å². The first-order valence-corrected chi connectivity index (χ1v) is 8.48. The molecule has 0 spiro atoms. The van der Waals surface area contributed by atoms with Crippen molar-refractivity contribution in [2.24, 2.45) is 0 Å². The molecule has 1 aromatic carbocycles. The van der Waals surface area contributed by atoms with E-state index in [4.69, 9.17) is 28.6 Å². The van der Waals surface area contributed by atoms with E-state index >= 15 is 0 Å². The Morgan fingerprint density at radius 2 is 2.12 bits per heavy atom. The first-order valence-electron chi connectivity index (χ1n) is 6.88. The predicted octanol–water partition coefficient (Wildman–Crippen LogP) is 4.55. The maximum Gasteiger partial charge on any atom is 0.349 e. The largest absolute Gasteiger partial charge is 0.465 e. The van der Waals surface area contributed by atoms with Crippen LogP contribution in [-0.4, -0.2) is 23.2 Å². The molecule has 0 fully saturated rings. The number of hydrogen-bond donors (Lipinski definition) is 2. The average molecular weight is 378 g/mol. The van der Waals surface area contributed by atoms with Crippen LogP contribution in [-0.2, 0) is 4.74 Å². The molecule has 0 saturated carbocycles. The number of methoxy groups -OCH3 is 1. The van der Waals surface area contributed by atoms with E-state index in [1.807, 2.05) is 36.4 Å². The van der Waals surface area contributed by atoms with Gasteiger partial charge < -0.3 is 15.4 Å². The number of anilines is 2. The molecular formula is C16H12ClN3O2S2. The minimum atomic E-state index is -0.442. The van der Waals surface area contributed by atoms with Crippen LogP contribution in [0.1, 0.15) is 9.67 Å². The molecule has 2 N–H and O–H groups in total. The average Bonchev–Trinajstić information content (AvgIpc) is 2.91. The molecule has 0 atom stereocenters. The lowest BCUT2D eigenvalue weighted by Crippen LogP contribution is -2.19. The molecule has 2 heterocycles. The lowest BCUT2D eigenvalue weighted by Gasteiger charge is -2.09. The molecule has 0 aliphatic carbocycles. The molecule has 0 bridgehead atoms. The Kier molecular flexibility index (Phi) is 4.94. The fourth-order valence-corrected chi connectivity index (χ4v) is 3.77. The highest BCUT2D eigenvalue weighted by molar-refractivity contribution is 7.80. The number of nitrogens with one attached hydrogen (secondary N) is 2. The van der Waals surface area contributed by atoms with Crippen LogP contribution in [0.3, 0.4) is 0 Å². The van der Waals surface area contributed by atoms with Gasteiger partial charge in [-0.25, -0.2) is 9.78 Å². The van der Waals surface area contributed by atoms with Crippen molar-refractivity contribution in [2.45, 2.75) is 0 Å². The first-order chi connectivity index (χ1) is 11.6. The number of aromatic nitrogens is 1. The third-order valence-electron chi connectivity index (χ3n) is 3.16. The van der Waals surface area contributed by atoms with Crippen LogP contribution in [0.25, 0.3) is 10.1 Å². The minimum absolute atomic E-state index is 0.389. The Balaban J connectivity index is 1.80. The van der Waals surface area contributed by atoms with E-state index in [0.717, 1.165) is 15.8 Å². The predicted molar refractivity (Wildman–Crippen MR) is 102 cm³/mol. The van der Waals surface area contributed by atoms with Crippen molar-refractivity contribution in [3.8, 4) is 0 Å². The monoisotopic (exact) mass is 377 g/mol. The standard InChI is InChI=1S/C16H12ClN3O2S2/c1-22-15(21)14-13(17)10-6-5-9(8-11(10)24-14)19-16(23)20-12-4-2-3-7-18-12/h2-8H,1H3,(H2,18,19,20,23). The summed E-state index contributed by atoms with van der Waals surface area (Å²) in [6, 6.07) is 11.1. The zero-order chi connectivity index (χ0) is 17.1. The number of thiocarbonyl (C=S) groups is 1. The van der Waals surface area contributed by atoms with E-state index in [2.05, 4.69) is 15.6 Å². The second-order valence-electron chi connectivity index (χ2n) is 4.74. The van der Waals surface area contributed by atoms with Crippen LogP contribution in [0.4, 0.5) is 11.5 Å². The van der Waals surface area contributed by atoms with Gasteiger partial charge >= 0.3 is 5.97 Å². The SMILES string of the molecule is COC(=O)c1sc2cc(NC(=S)Nc3ccccn3)ccc2c1Cl. The van der Waals surface area contributed by atoms with Gasteiger partial charge in [-0.2, -0.15) is 0 Å². The number of hydrogen-bond acceptors (Lipinski definition) is 5. The third-order valence-corrected chi connectivity index (χ3v) is 5.01. The number of thiophene rings is 1. The third kappa shape index (κ3) is 3.48. The Bertz CT molecular complexity index is 912. The second kappa shape index (κ2) is 7.12. The van der Waals surface area contributed by atoms with Gasteiger partial charge in [0.25, 0.3) is 0 Å². The summed E-state index contributed by atoms with van der Waals surface area (Å²) in [4.78, 5) is 16.3. The van der Waals surface area contributed by atoms with Crippen molar-refractivity contribution in [3.63, 3.8) is 0 Å². The van der Waals surface area contributed by atoms with E-state index in [9.17, 15) is 4.79 Å². The Morgan fingerprint density at radius 3 is 2.83 bits per heavy atom. The van der Waals surface area contributed by atoms with Gasteiger partial charge in [0.1, 0.15) is 10.7 Å². The molecular weight excluding hydrogens is 366 g/mol. The molecule has 122 valence electrons.